The van der Waals surface area contributed by atoms with Gasteiger partial charge in [0.1, 0.15) is 0 Å². The molecule has 1 aliphatic rings. The van der Waals surface area contributed by atoms with Gasteiger partial charge in [0.15, 0.2) is 10.9 Å². The first-order valence-corrected chi connectivity index (χ1v) is 10.8. The number of nitrogens with zero attached hydrogens (tertiary/aromatic N) is 2. The van der Waals surface area contributed by atoms with Crippen molar-refractivity contribution >= 4 is 28.4 Å². The number of rotatable bonds is 5. The molecule has 0 radical (unpaired) electrons. The SMILES string of the molecule is Cc1nc(S[C@@H](C)C(=O)c2c[nH]c3ccccc23)n(C2CCCCC2)c1C. The molecule has 0 spiro atoms. The quantitative estimate of drug-likeness (QED) is 0.445. The number of H-pyrrole nitrogens is 1. The summed E-state index contributed by atoms with van der Waals surface area (Å²) in [7, 11) is 0. The van der Waals surface area contributed by atoms with E-state index in [0.29, 0.717) is 6.04 Å². The molecule has 5 heteroatoms. The first-order chi connectivity index (χ1) is 13.1. The van der Waals surface area contributed by atoms with Crippen molar-refractivity contribution in [3.63, 3.8) is 0 Å². The molecular weight excluding hydrogens is 354 g/mol. The Balaban J connectivity index is 1.60. The van der Waals surface area contributed by atoms with Crippen molar-refractivity contribution < 1.29 is 4.79 Å². The van der Waals surface area contributed by atoms with E-state index in [9.17, 15) is 4.79 Å². The monoisotopic (exact) mass is 381 g/mol. The van der Waals surface area contributed by atoms with Crippen LogP contribution in [0.4, 0.5) is 0 Å². The molecule has 0 amide bonds. The average Bonchev–Trinajstić information content (AvgIpc) is 3.23. The number of imidazole rings is 1. The van der Waals surface area contributed by atoms with Crippen molar-refractivity contribution in [2.45, 2.75) is 69.3 Å². The molecule has 3 aromatic rings. The lowest BCUT2D eigenvalue weighted by molar-refractivity contribution is 0.0995. The number of aryl methyl sites for hydroxylation is 1. The van der Waals surface area contributed by atoms with Crippen molar-refractivity contribution in [2.75, 3.05) is 0 Å². The van der Waals surface area contributed by atoms with Crippen molar-refractivity contribution in [1.82, 2.24) is 14.5 Å². The average molecular weight is 382 g/mol. The minimum atomic E-state index is -0.173. The van der Waals surface area contributed by atoms with Crippen LogP contribution in [0.2, 0.25) is 0 Å². The van der Waals surface area contributed by atoms with Crippen LogP contribution in [-0.2, 0) is 0 Å². The predicted molar refractivity (Wildman–Crippen MR) is 112 cm³/mol. The number of hydrogen-bond donors (Lipinski definition) is 1. The highest BCUT2D eigenvalue weighted by atomic mass is 32.2. The van der Waals surface area contributed by atoms with E-state index in [4.69, 9.17) is 4.98 Å². The molecule has 1 aliphatic carbocycles. The number of aromatic nitrogens is 3. The number of carbonyl (C=O) groups excluding carboxylic acids is 1. The molecule has 0 saturated heterocycles. The third kappa shape index (κ3) is 3.45. The third-order valence-electron chi connectivity index (χ3n) is 5.80. The second-order valence-electron chi connectivity index (χ2n) is 7.60. The smallest absolute Gasteiger partial charge is 0.178 e. The van der Waals surface area contributed by atoms with E-state index < -0.39 is 0 Å². The maximum atomic E-state index is 13.1. The van der Waals surface area contributed by atoms with Gasteiger partial charge in [-0.15, -0.1) is 0 Å². The van der Waals surface area contributed by atoms with E-state index in [-0.39, 0.29) is 11.0 Å². The topological polar surface area (TPSA) is 50.7 Å². The second kappa shape index (κ2) is 7.55. The van der Waals surface area contributed by atoms with Crippen molar-refractivity contribution in [1.29, 1.82) is 0 Å². The number of aromatic amines is 1. The summed E-state index contributed by atoms with van der Waals surface area (Å²) in [5.74, 6) is 0.158. The fourth-order valence-electron chi connectivity index (χ4n) is 4.15. The Bertz CT molecular complexity index is 965. The highest BCUT2D eigenvalue weighted by molar-refractivity contribution is 8.00. The third-order valence-corrected chi connectivity index (χ3v) is 6.87. The van der Waals surface area contributed by atoms with Gasteiger partial charge in [-0.25, -0.2) is 4.98 Å². The minimum Gasteiger partial charge on any atom is -0.360 e. The van der Waals surface area contributed by atoms with Gasteiger partial charge in [-0.2, -0.15) is 0 Å². The van der Waals surface area contributed by atoms with Gasteiger partial charge in [0, 0.05) is 34.4 Å². The van der Waals surface area contributed by atoms with Crippen LogP contribution in [0.15, 0.2) is 35.6 Å². The fourth-order valence-corrected chi connectivity index (χ4v) is 5.29. The molecular formula is C22H27N3OS. The van der Waals surface area contributed by atoms with Gasteiger partial charge in [0.05, 0.1) is 10.9 Å². The highest BCUT2D eigenvalue weighted by Crippen LogP contribution is 2.36. The van der Waals surface area contributed by atoms with E-state index >= 15 is 0 Å². The molecule has 1 atom stereocenters. The molecule has 1 fully saturated rings. The van der Waals surface area contributed by atoms with E-state index in [1.807, 2.05) is 37.4 Å². The summed E-state index contributed by atoms with van der Waals surface area (Å²) in [5.41, 5.74) is 4.11. The highest BCUT2D eigenvalue weighted by Gasteiger charge is 2.26. The maximum Gasteiger partial charge on any atom is 0.178 e. The standard InChI is InChI=1S/C22H27N3OS/c1-14-15(2)25(17-9-5-4-6-10-17)22(24-14)27-16(3)21(26)19-13-23-20-12-8-7-11-18(19)20/h7-8,11-13,16-17,23H,4-6,9-10H2,1-3H3/t16-/m0/s1. The fraction of sp³-hybridized carbons (Fsp3) is 0.455. The first-order valence-electron chi connectivity index (χ1n) is 9.88. The van der Waals surface area contributed by atoms with Crippen LogP contribution < -0.4 is 0 Å². The maximum absolute atomic E-state index is 13.1. The Morgan fingerprint density at radius 2 is 1.96 bits per heavy atom. The number of fused-ring (bicyclic) bond motifs is 1. The molecule has 4 nitrogen and oxygen atoms in total. The van der Waals surface area contributed by atoms with Gasteiger partial charge >= 0.3 is 0 Å². The lowest BCUT2D eigenvalue weighted by atomic mass is 9.95. The lowest BCUT2D eigenvalue weighted by Crippen LogP contribution is -2.18. The molecule has 1 saturated carbocycles. The van der Waals surface area contributed by atoms with Crippen LogP contribution in [0.5, 0.6) is 0 Å². The lowest BCUT2D eigenvalue weighted by Gasteiger charge is -2.26. The van der Waals surface area contributed by atoms with E-state index in [2.05, 4.69) is 23.4 Å². The summed E-state index contributed by atoms with van der Waals surface area (Å²) in [4.78, 5) is 21.2. The number of hydrogen-bond acceptors (Lipinski definition) is 3. The largest absolute Gasteiger partial charge is 0.360 e. The Morgan fingerprint density at radius 3 is 2.74 bits per heavy atom. The zero-order valence-corrected chi connectivity index (χ0v) is 17.1. The number of para-hydroxylation sites is 1. The van der Waals surface area contributed by atoms with Crippen LogP contribution in [0.1, 0.15) is 66.8 Å². The summed E-state index contributed by atoms with van der Waals surface area (Å²) >= 11 is 1.60. The summed E-state index contributed by atoms with van der Waals surface area (Å²) < 4.78 is 2.40. The van der Waals surface area contributed by atoms with Crippen molar-refractivity contribution in [3.8, 4) is 0 Å². The Labute approximate surface area is 164 Å². The van der Waals surface area contributed by atoms with Gasteiger partial charge in [0.25, 0.3) is 0 Å². The van der Waals surface area contributed by atoms with Crippen LogP contribution in [0.25, 0.3) is 10.9 Å². The normalized spacial score (nSPS) is 16.7. The number of Topliss-reactive ketones (excluding diaryl/α,β-unsaturated/α-hetero) is 1. The molecule has 142 valence electrons. The molecule has 0 aliphatic heterocycles. The van der Waals surface area contributed by atoms with E-state index in [1.165, 1.54) is 37.8 Å². The molecule has 2 aromatic heterocycles. The van der Waals surface area contributed by atoms with Crippen molar-refractivity contribution in [2.24, 2.45) is 0 Å². The zero-order valence-electron chi connectivity index (χ0n) is 16.3. The number of thioether (sulfide) groups is 1. The van der Waals surface area contributed by atoms with Crippen LogP contribution in [0.3, 0.4) is 0 Å². The van der Waals surface area contributed by atoms with Gasteiger partial charge < -0.3 is 9.55 Å². The molecule has 27 heavy (non-hydrogen) atoms. The van der Waals surface area contributed by atoms with Crippen molar-refractivity contribution in [3.05, 3.63) is 47.4 Å². The molecule has 4 rings (SSSR count). The molecule has 0 unspecified atom stereocenters. The van der Waals surface area contributed by atoms with E-state index in [0.717, 1.165) is 27.3 Å². The molecule has 0 bridgehead atoms. The second-order valence-corrected chi connectivity index (χ2v) is 8.91. The van der Waals surface area contributed by atoms with Gasteiger partial charge in [-0.1, -0.05) is 49.2 Å². The first kappa shape index (κ1) is 18.4. The predicted octanol–water partition coefficient (Wildman–Crippen LogP) is 5.85. The Morgan fingerprint density at radius 1 is 1.22 bits per heavy atom. The van der Waals surface area contributed by atoms with E-state index in [1.54, 1.807) is 11.8 Å². The zero-order chi connectivity index (χ0) is 19.0. The summed E-state index contributed by atoms with van der Waals surface area (Å²) in [6.45, 7) is 6.23. The Kier molecular flexibility index (Phi) is 5.13. The Hall–Kier alpha value is -2.01. The number of carbonyl (C=O) groups is 1. The van der Waals surface area contributed by atoms with Gasteiger partial charge in [-0.3, -0.25) is 4.79 Å². The van der Waals surface area contributed by atoms with Gasteiger partial charge in [0.2, 0.25) is 0 Å². The van der Waals surface area contributed by atoms with Crippen LogP contribution in [-0.4, -0.2) is 25.6 Å². The summed E-state index contributed by atoms with van der Waals surface area (Å²) in [6, 6.07) is 8.50. The van der Waals surface area contributed by atoms with Crippen LogP contribution in [0, 0.1) is 13.8 Å². The molecule has 1 N–H and O–H groups in total. The summed E-state index contributed by atoms with van der Waals surface area (Å²) in [6.07, 6.45) is 8.18. The number of nitrogens with one attached hydrogen (secondary N) is 1. The molecule has 1 aromatic carbocycles. The number of benzene rings is 1. The number of ketones is 1. The van der Waals surface area contributed by atoms with Crippen LogP contribution >= 0.6 is 11.8 Å². The summed E-state index contributed by atoms with van der Waals surface area (Å²) in [5, 5.41) is 1.82. The minimum absolute atomic E-state index is 0.158. The van der Waals surface area contributed by atoms with Gasteiger partial charge in [-0.05, 0) is 39.7 Å². The molecule has 2 heterocycles.